The van der Waals surface area contributed by atoms with Crippen LogP contribution in [-0.4, -0.2) is 19.0 Å². The van der Waals surface area contributed by atoms with Crippen LogP contribution >= 0.6 is 11.6 Å². The molecule has 3 fully saturated rings. The van der Waals surface area contributed by atoms with Crippen LogP contribution in [0.5, 0.6) is 0 Å². The van der Waals surface area contributed by atoms with Crippen LogP contribution in [0.25, 0.3) is 0 Å². The molecule has 1 heterocycles. The second-order valence-electron chi connectivity index (χ2n) is 9.70. The highest BCUT2D eigenvalue weighted by atomic mass is 35.5. The molecule has 2 nitrogen and oxygen atoms in total. The first-order valence-electron chi connectivity index (χ1n) is 10.0. The molecule has 0 N–H and O–H groups in total. The van der Waals surface area contributed by atoms with Gasteiger partial charge in [-0.05, 0) is 49.4 Å². The molecule has 140 valence electrons. The maximum absolute atomic E-state index is 6.29. The Labute approximate surface area is 158 Å². The zero-order valence-corrected chi connectivity index (χ0v) is 17.0. The first-order valence-corrected chi connectivity index (χ1v) is 10.5. The molecule has 25 heavy (non-hydrogen) atoms. The average Bonchev–Trinajstić information content (AvgIpc) is 3.07. The Balaban J connectivity index is 1.84. The van der Waals surface area contributed by atoms with E-state index in [9.17, 15) is 0 Å². The van der Waals surface area contributed by atoms with E-state index in [1.807, 2.05) is 0 Å². The summed E-state index contributed by atoms with van der Waals surface area (Å²) in [5, 5.41) is 0. The zero-order valence-electron chi connectivity index (χ0n) is 16.3. The molecule has 0 aromatic rings. The maximum Gasteiger partial charge on any atom is 0.174 e. The minimum atomic E-state index is -0.404. The quantitative estimate of drug-likeness (QED) is 0.515. The second kappa shape index (κ2) is 5.59. The number of halogens is 1. The molecule has 3 heteroatoms. The van der Waals surface area contributed by atoms with E-state index in [1.54, 1.807) is 11.1 Å². The first-order chi connectivity index (χ1) is 11.8. The molecule has 0 bridgehead atoms. The maximum atomic E-state index is 6.29. The lowest BCUT2D eigenvalue weighted by molar-refractivity contribution is -0.312. The molecule has 3 aliphatic carbocycles. The Morgan fingerprint density at radius 1 is 0.960 bits per heavy atom. The van der Waals surface area contributed by atoms with Crippen molar-refractivity contribution in [2.45, 2.75) is 78.4 Å². The molecule has 0 aromatic carbocycles. The number of hydrogen-bond donors (Lipinski definition) is 0. The highest BCUT2D eigenvalue weighted by molar-refractivity contribution is 6.25. The second-order valence-corrected chi connectivity index (χ2v) is 9.95. The van der Waals surface area contributed by atoms with E-state index in [0.29, 0.717) is 0 Å². The number of rotatable bonds is 1. The monoisotopic (exact) mass is 364 g/mol. The molecule has 3 atom stereocenters. The fourth-order valence-electron chi connectivity index (χ4n) is 6.98. The van der Waals surface area contributed by atoms with Crippen molar-refractivity contribution in [2.24, 2.45) is 21.7 Å². The van der Waals surface area contributed by atoms with Crippen molar-refractivity contribution in [2.75, 3.05) is 13.2 Å². The lowest BCUT2D eigenvalue weighted by Crippen LogP contribution is -2.67. The Bertz CT molecular complexity index is 616. The number of hydrogen-bond acceptors (Lipinski definition) is 2. The number of fused-ring (bicyclic) bond motifs is 3. The van der Waals surface area contributed by atoms with Gasteiger partial charge in [0.25, 0.3) is 0 Å². The predicted molar refractivity (Wildman–Crippen MR) is 102 cm³/mol. The van der Waals surface area contributed by atoms with Gasteiger partial charge >= 0.3 is 0 Å². The van der Waals surface area contributed by atoms with Gasteiger partial charge in [-0.1, -0.05) is 57.0 Å². The minimum Gasteiger partial charge on any atom is -0.347 e. The summed E-state index contributed by atoms with van der Waals surface area (Å²) >= 11 is 6.11. The molecule has 0 amide bonds. The van der Waals surface area contributed by atoms with E-state index in [1.165, 1.54) is 32.1 Å². The zero-order chi connectivity index (χ0) is 18.0. The third-order valence-electron chi connectivity index (χ3n) is 9.02. The molecule has 0 radical (unpaired) electrons. The van der Waals surface area contributed by atoms with Crippen molar-refractivity contribution >= 4 is 11.6 Å². The summed E-state index contributed by atoms with van der Waals surface area (Å²) in [5.74, 6) is -0.404. The standard InChI is InChI=1S/C22H33ClO2/c1-18(2)20(4)10-11-21(13-14-23)8-6-5-7-17(21)19(20,3)9-12-22(18)24-15-16-25-22/h7,13-14H,5-6,8-12,15-16H2,1-4H3. The fraction of sp³-hybridized carbons (Fsp3) is 0.818. The van der Waals surface area contributed by atoms with Gasteiger partial charge in [0.2, 0.25) is 0 Å². The molecule has 4 aliphatic rings. The van der Waals surface area contributed by atoms with Gasteiger partial charge in [-0.25, -0.2) is 0 Å². The average molecular weight is 365 g/mol. The molecule has 4 rings (SSSR count). The van der Waals surface area contributed by atoms with E-state index >= 15 is 0 Å². The van der Waals surface area contributed by atoms with Crippen LogP contribution in [0, 0.1) is 21.7 Å². The van der Waals surface area contributed by atoms with Crippen LogP contribution in [0.1, 0.15) is 72.6 Å². The van der Waals surface area contributed by atoms with Crippen molar-refractivity contribution in [1.29, 1.82) is 0 Å². The first kappa shape index (κ1) is 18.1. The van der Waals surface area contributed by atoms with E-state index in [0.717, 1.165) is 26.1 Å². The van der Waals surface area contributed by atoms with Crippen molar-refractivity contribution in [3.05, 3.63) is 23.3 Å². The summed E-state index contributed by atoms with van der Waals surface area (Å²) in [6, 6.07) is 0. The van der Waals surface area contributed by atoms with Crippen LogP contribution in [0.2, 0.25) is 0 Å². The largest absolute Gasteiger partial charge is 0.347 e. The molecule has 1 saturated heterocycles. The smallest absolute Gasteiger partial charge is 0.174 e. The van der Waals surface area contributed by atoms with Crippen molar-refractivity contribution < 1.29 is 9.47 Å². The number of ether oxygens (including phenoxy) is 2. The third-order valence-corrected chi connectivity index (χ3v) is 9.14. The topological polar surface area (TPSA) is 18.5 Å². The third kappa shape index (κ3) is 2.05. The summed E-state index contributed by atoms with van der Waals surface area (Å²) in [6.45, 7) is 11.3. The summed E-state index contributed by atoms with van der Waals surface area (Å²) in [7, 11) is 0. The molecular weight excluding hydrogens is 332 g/mol. The molecular formula is C22H33ClO2. The van der Waals surface area contributed by atoms with Crippen LogP contribution in [0.4, 0.5) is 0 Å². The van der Waals surface area contributed by atoms with E-state index < -0.39 is 5.79 Å². The van der Waals surface area contributed by atoms with Gasteiger partial charge in [0.15, 0.2) is 5.79 Å². The Hall–Kier alpha value is -0.310. The van der Waals surface area contributed by atoms with Crippen molar-refractivity contribution in [3.8, 4) is 0 Å². The molecule has 0 aromatic heterocycles. The fourth-order valence-corrected chi connectivity index (χ4v) is 7.22. The SMILES string of the molecule is CC12CCC3(OCCO3)C(C)(C)C1(C)CCC1(C=CCl)CCCC=C12. The highest BCUT2D eigenvalue weighted by Crippen LogP contribution is 2.75. The van der Waals surface area contributed by atoms with Crippen LogP contribution in [0.15, 0.2) is 23.3 Å². The summed E-state index contributed by atoms with van der Waals surface area (Å²) in [5.41, 5.74) is 3.88. The summed E-state index contributed by atoms with van der Waals surface area (Å²) < 4.78 is 12.6. The molecule has 1 aliphatic heterocycles. The molecule has 3 unspecified atom stereocenters. The summed E-state index contributed by atoms with van der Waals surface area (Å²) in [6.07, 6.45) is 13.1. The minimum absolute atomic E-state index is 0.0291. The van der Waals surface area contributed by atoms with E-state index in [-0.39, 0.29) is 21.7 Å². The Morgan fingerprint density at radius 2 is 1.68 bits per heavy atom. The molecule has 1 spiro atoms. The van der Waals surface area contributed by atoms with Crippen LogP contribution < -0.4 is 0 Å². The highest BCUT2D eigenvalue weighted by Gasteiger charge is 2.71. The lowest BCUT2D eigenvalue weighted by Gasteiger charge is -2.70. The predicted octanol–water partition coefficient (Wildman–Crippen LogP) is 6.21. The van der Waals surface area contributed by atoms with E-state index in [4.69, 9.17) is 21.1 Å². The lowest BCUT2D eigenvalue weighted by atomic mass is 9.36. The van der Waals surface area contributed by atoms with Gasteiger partial charge in [0, 0.05) is 22.8 Å². The van der Waals surface area contributed by atoms with Crippen LogP contribution in [-0.2, 0) is 9.47 Å². The Kier molecular flexibility index (Phi) is 4.04. The Morgan fingerprint density at radius 3 is 2.36 bits per heavy atom. The normalized spacial score (nSPS) is 45.2. The van der Waals surface area contributed by atoms with Gasteiger partial charge < -0.3 is 9.47 Å². The summed E-state index contributed by atoms with van der Waals surface area (Å²) in [4.78, 5) is 0. The van der Waals surface area contributed by atoms with Gasteiger partial charge in [-0.2, -0.15) is 0 Å². The van der Waals surface area contributed by atoms with Gasteiger partial charge in [-0.15, -0.1) is 0 Å². The van der Waals surface area contributed by atoms with Gasteiger partial charge in [0.1, 0.15) is 0 Å². The van der Waals surface area contributed by atoms with Crippen molar-refractivity contribution in [1.82, 2.24) is 0 Å². The van der Waals surface area contributed by atoms with Gasteiger partial charge in [-0.3, -0.25) is 0 Å². The van der Waals surface area contributed by atoms with Gasteiger partial charge in [0.05, 0.1) is 13.2 Å². The van der Waals surface area contributed by atoms with Crippen molar-refractivity contribution in [3.63, 3.8) is 0 Å². The van der Waals surface area contributed by atoms with E-state index in [2.05, 4.69) is 39.8 Å². The molecule has 2 saturated carbocycles. The number of allylic oxidation sites excluding steroid dienone is 3. The van der Waals surface area contributed by atoms with Crippen LogP contribution in [0.3, 0.4) is 0 Å².